The number of carbonyl (C=O) groups is 1. The molecule has 2 rings (SSSR count). The number of aromatic nitrogens is 2. The zero-order valence-corrected chi connectivity index (χ0v) is 8.96. The van der Waals surface area contributed by atoms with Crippen LogP contribution in [0.5, 0.6) is 0 Å². The molecule has 6 heteroatoms. The molecule has 0 aromatic carbocycles. The Morgan fingerprint density at radius 3 is 3.06 bits per heavy atom. The lowest BCUT2D eigenvalue weighted by molar-refractivity contribution is 0.0594. The Bertz CT molecular complexity index is 397. The van der Waals surface area contributed by atoms with Gasteiger partial charge >= 0.3 is 5.97 Å². The molecule has 1 saturated heterocycles. The minimum Gasteiger partial charge on any atom is -0.464 e. The van der Waals surface area contributed by atoms with Crippen LogP contribution in [0.25, 0.3) is 0 Å². The van der Waals surface area contributed by atoms with Gasteiger partial charge in [0, 0.05) is 19.2 Å². The van der Waals surface area contributed by atoms with E-state index in [4.69, 9.17) is 0 Å². The summed E-state index contributed by atoms with van der Waals surface area (Å²) in [5.41, 5.74) is 0.230. The second-order valence-corrected chi connectivity index (χ2v) is 3.64. The van der Waals surface area contributed by atoms with E-state index < -0.39 is 5.97 Å². The van der Waals surface area contributed by atoms with Crippen molar-refractivity contribution < 1.29 is 14.6 Å². The topological polar surface area (TPSA) is 75.5 Å². The van der Waals surface area contributed by atoms with E-state index in [-0.39, 0.29) is 11.8 Å². The molecular formula is C10H13N3O3. The van der Waals surface area contributed by atoms with Gasteiger partial charge in [-0.15, -0.1) is 0 Å². The van der Waals surface area contributed by atoms with E-state index >= 15 is 0 Å². The van der Waals surface area contributed by atoms with Gasteiger partial charge in [0.2, 0.25) is 0 Å². The molecule has 1 N–H and O–H groups in total. The minimum atomic E-state index is -0.483. The zero-order valence-electron chi connectivity index (χ0n) is 8.96. The van der Waals surface area contributed by atoms with E-state index in [9.17, 15) is 9.90 Å². The maximum absolute atomic E-state index is 11.3. The van der Waals surface area contributed by atoms with E-state index in [1.165, 1.54) is 13.4 Å². The van der Waals surface area contributed by atoms with Crippen LogP contribution in [-0.2, 0) is 4.74 Å². The van der Waals surface area contributed by atoms with Gasteiger partial charge in [0.15, 0.2) is 5.69 Å². The Kier molecular flexibility index (Phi) is 3.00. The van der Waals surface area contributed by atoms with Crippen LogP contribution in [0.4, 0.5) is 5.82 Å². The fourth-order valence-corrected chi connectivity index (χ4v) is 1.69. The number of anilines is 1. The molecule has 0 saturated carbocycles. The molecule has 0 unspecified atom stereocenters. The molecule has 1 atom stereocenters. The lowest BCUT2D eigenvalue weighted by Gasteiger charge is -2.16. The molecule has 0 radical (unpaired) electrons. The smallest absolute Gasteiger partial charge is 0.356 e. The number of hydrogen-bond donors (Lipinski definition) is 1. The first-order valence-electron chi connectivity index (χ1n) is 5.04. The average molecular weight is 223 g/mol. The summed E-state index contributed by atoms with van der Waals surface area (Å²) >= 11 is 0. The first-order valence-corrected chi connectivity index (χ1v) is 5.04. The van der Waals surface area contributed by atoms with Gasteiger partial charge in [-0.05, 0) is 6.42 Å². The van der Waals surface area contributed by atoms with Crippen LogP contribution in [0.15, 0.2) is 12.4 Å². The van der Waals surface area contributed by atoms with Crippen LogP contribution < -0.4 is 4.90 Å². The number of aliphatic hydroxyl groups is 1. The predicted molar refractivity (Wildman–Crippen MR) is 56.2 cm³/mol. The Morgan fingerprint density at radius 2 is 2.44 bits per heavy atom. The summed E-state index contributed by atoms with van der Waals surface area (Å²) in [4.78, 5) is 21.1. The van der Waals surface area contributed by atoms with Crippen LogP contribution in [0, 0.1) is 0 Å². The maximum Gasteiger partial charge on any atom is 0.356 e. The third-order valence-electron chi connectivity index (χ3n) is 2.53. The molecule has 1 aliphatic rings. The minimum absolute atomic E-state index is 0.230. The quantitative estimate of drug-likeness (QED) is 0.702. The SMILES string of the molecule is COC(=O)c1cc(N2CC[C@@H](O)C2)ncn1. The van der Waals surface area contributed by atoms with Gasteiger partial charge in [0.25, 0.3) is 0 Å². The molecule has 0 aliphatic carbocycles. The highest BCUT2D eigenvalue weighted by atomic mass is 16.5. The number of nitrogens with zero attached hydrogens (tertiary/aromatic N) is 3. The van der Waals surface area contributed by atoms with Crippen molar-refractivity contribution in [2.75, 3.05) is 25.1 Å². The van der Waals surface area contributed by atoms with Crippen LogP contribution in [0.2, 0.25) is 0 Å². The van der Waals surface area contributed by atoms with E-state index in [0.717, 1.165) is 13.0 Å². The number of hydrogen-bond acceptors (Lipinski definition) is 6. The standard InChI is InChI=1S/C10H13N3O3/c1-16-10(15)8-4-9(12-6-11-8)13-3-2-7(14)5-13/h4,6-7,14H,2-3,5H2,1H3/t7-/m1/s1. The fraction of sp³-hybridized carbons (Fsp3) is 0.500. The molecule has 0 bridgehead atoms. The molecule has 0 spiro atoms. The molecule has 1 aromatic rings. The zero-order chi connectivity index (χ0) is 11.5. The normalized spacial score (nSPS) is 19.9. The third kappa shape index (κ3) is 2.11. The van der Waals surface area contributed by atoms with Crippen molar-refractivity contribution in [3.05, 3.63) is 18.1 Å². The third-order valence-corrected chi connectivity index (χ3v) is 2.53. The van der Waals surface area contributed by atoms with Crippen molar-refractivity contribution in [1.82, 2.24) is 9.97 Å². The molecule has 16 heavy (non-hydrogen) atoms. The summed E-state index contributed by atoms with van der Waals surface area (Å²) in [5.74, 6) is 0.162. The van der Waals surface area contributed by atoms with Gasteiger partial charge in [0.1, 0.15) is 12.1 Å². The second-order valence-electron chi connectivity index (χ2n) is 3.64. The lowest BCUT2D eigenvalue weighted by Crippen LogP contribution is -2.22. The highest BCUT2D eigenvalue weighted by Crippen LogP contribution is 2.18. The summed E-state index contributed by atoms with van der Waals surface area (Å²) in [5, 5.41) is 9.41. The molecule has 86 valence electrons. The molecular weight excluding hydrogens is 210 g/mol. The summed E-state index contributed by atoms with van der Waals surface area (Å²) in [6.07, 6.45) is 1.72. The number of rotatable bonds is 2. The van der Waals surface area contributed by atoms with Crippen LogP contribution in [0.1, 0.15) is 16.9 Å². The van der Waals surface area contributed by atoms with Crippen molar-refractivity contribution in [1.29, 1.82) is 0 Å². The molecule has 6 nitrogen and oxygen atoms in total. The van der Waals surface area contributed by atoms with E-state index in [1.54, 1.807) is 6.07 Å². The highest BCUT2D eigenvalue weighted by Gasteiger charge is 2.22. The molecule has 1 aromatic heterocycles. The van der Waals surface area contributed by atoms with Gasteiger partial charge in [-0.2, -0.15) is 0 Å². The van der Waals surface area contributed by atoms with Gasteiger partial charge in [0.05, 0.1) is 13.2 Å². The molecule has 1 fully saturated rings. The summed E-state index contributed by atoms with van der Waals surface area (Å²) in [6.45, 7) is 1.27. The van der Waals surface area contributed by atoms with Gasteiger partial charge in [-0.3, -0.25) is 0 Å². The largest absolute Gasteiger partial charge is 0.464 e. The maximum atomic E-state index is 11.3. The number of esters is 1. The Labute approximate surface area is 92.9 Å². The van der Waals surface area contributed by atoms with Crippen LogP contribution in [-0.4, -0.2) is 47.3 Å². The highest BCUT2D eigenvalue weighted by molar-refractivity contribution is 5.87. The Morgan fingerprint density at radius 1 is 1.62 bits per heavy atom. The second kappa shape index (κ2) is 4.44. The lowest BCUT2D eigenvalue weighted by atomic mass is 10.3. The average Bonchev–Trinajstić information content (AvgIpc) is 2.75. The number of methoxy groups -OCH3 is 1. The molecule has 1 aliphatic heterocycles. The Hall–Kier alpha value is -1.69. The summed E-state index contributed by atoms with van der Waals surface area (Å²) < 4.78 is 4.58. The fourth-order valence-electron chi connectivity index (χ4n) is 1.69. The summed E-state index contributed by atoms with van der Waals surface area (Å²) in [6, 6.07) is 1.57. The summed E-state index contributed by atoms with van der Waals surface area (Å²) in [7, 11) is 1.31. The van der Waals surface area contributed by atoms with Crippen LogP contribution >= 0.6 is 0 Å². The first kappa shape index (κ1) is 10.8. The number of ether oxygens (including phenoxy) is 1. The van der Waals surface area contributed by atoms with Crippen molar-refractivity contribution in [2.24, 2.45) is 0 Å². The van der Waals surface area contributed by atoms with Gasteiger partial charge in [-0.1, -0.05) is 0 Å². The predicted octanol–water partition coefficient (Wildman–Crippen LogP) is -0.166. The van der Waals surface area contributed by atoms with Crippen molar-refractivity contribution in [3.63, 3.8) is 0 Å². The number of aliphatic hydroxyl groups excluding tert-OH is 1. The number of carbonyl (C=O) groups excluding carboxylic acids is 1. The number of β-amino-alcohol motifs (C(OH)–C–C–N with tert-alkyl or cyclic N) is 1. The van der Waals surface area contributed by atoms with Gasteiger partial charge in [-0.25, -0.2) is 14.8 Å². The van der Waals surface area contributed by atoms with Crippen molar-refractivity contribution >= 4 is 11.8 Å². The molecule has 0 amide bonds. The van der Waals surface area contributed by atoms with Crippen LogP contribution in [0.3, 0.4) is 0 Å². The van der Waals surface area contributed by atoms with E-state index in [0.29, 0.717) is 12.4 Å². The molecule has 2 heterocycles. The monoisotopic (exact) mass is 223 g/mol. The van der Waals surface area contributed by atoms with Crippen molar-refractivity contribution in [3.8, 4) is 0 Å². The van der Waals surface area contributed by atoms with Crippen molar-refractivity contribution in [2.45, 2.75) is 12.5 Å². The first-order chi connectivity index (χ1) is 7.70. The van der Waals surface area contributed by atoms with E-state index in [1.807, 2.05) is 4.90 Å². The van der Waals surface area contributed by atoms with Gasteiger partial charge < -0.3 is 14.7 Å². The van der Waals surface area contributed by atoms with E-state index in [2.05, 4.69) is 14.7 Å². The Balaban J connectivity index is 2.19.